The normalized spacial score (nSPS) is 33.5. The first kappa shape index (κ1) is 16.1. The van der Waals surface area contributed by atoms with Crippen molar-refractivity contribution in [2.75, 3.05) is 6.54 Å². The van der Waals surface area contributed by atoms with Gasteiger partial charge in [-0.25, -0.2) is 0 Å². The lowest BCUT2D eigenvalue weighted by molar-refractivity contribution is -0.107. The van der Waals surface area contributed by atoms with Gasteiger partial charge < -0.3 is 10.1 Å². The van der Waals surface area contributed by atoms with Crippen molar-refractivity contribution in [1.82, 2.24) is 5.32 Å². The molecule has 0 radical (unpaired) electrons. The first-order valence-corrected chi connectivity index (χ1v) is 9.45. The second-order valence-corrected chi connectivity index (χ2v) is 8.69. The number of halogens is 1. The molecule has 3 nitrogen and oxygen atoms in total. The van der Waals surface area contributed by atoms with E-state index >= 15 is 0 Å². The molecule has 4 fully saturated rings. The third kappa shape index (κ3) is 2.99. The van der Waals surface area contributed by atoms with Crippen LogP contribution in [-0.4, -0.2) is 18.7 Å². The fourth-order valence-corrected chi connectivity index (χ4v) is 6.04. The highest BCUT2D eigenvalue weighted by atomic mass is 35.5. The highest BCUT2D eigenvalue weighted by Crippen LogP contribution is 2.59. The van der Waals surface area contributed by atoms with E-state index in [-0.39, 0.29) is 5.91 Å². The lowest BCUT2D eigenvalue weighted by Crippen LogP contribution is -2.51. The van der Waals surface area contributed by atoms with Crippen LogP contribution in [0.15, 0.2) is 18.2 Å². The maximum absolute atomic E-state index is 12.6. The summed E-state index contributed by atoms with van der Waals surface area (Å²) in [5, 5.41) is 3.61. The zero-order valence-corrected chi connectivity index (χ0v) is 14.6. The van der Waals surface area contributed by atoms with Gasteiger partial charge in [0.2, 0.25) is 0 Å². The predicted molar refractivity (Wildman–Crippen MR) is 94.2 cm³/mol. The number of hydrogen-bond donors (Lipinski definition) is 1. The Morgan fingerprint density at radius 1 is 1.17 bits per heavy atom. The van der Waals surface area contributed by atoms with Crippen molar-refractivity contribution < 1.29 is 9.59 Å². The molecule has 4 aliphatic rings. The van der Waals surface area contributed by atoms with Gasteiger partial charge in [-0.3, -0.25) is 4.79 Å². The maximum atomic E-state index is 12.6. The minimum Gasteiger partial charge on any atom is -0.351 e. The van der Waals surface area contributed by atoms with Crippen LogP contribution in [0.25, 0.3) is 0 Å². The summed E-state index contributed by atoms with van der Waals surface area (Å²) in [5.74, 6) is 2.54. The van der Waals surface area contributed by atoms with E-state index in [0.717, 1.165) is 36.1 Å². The van der Waals surface area contributed by atoms with Crippen LogP contribution in [0.3, 0.4) is 0 Å². The first-order valence-electron chi connectivity index (χ1n) is 9.07. The van der Waals surface area contributed by atoms with Crippen LogP contribution in [0.2, 0.25) is 5.02 Å². The summed E-state index contributed by atoms with van der Waals surface area (Å²) in [6, 6.07) is 5.25. The molecule has 0 saturated heterocycles. The summed E-state index contributed by atoms with van der Waals surface area (Å²) >= 11 is 6.20. The van der Waals surface area contributed by atoms with Crippen LogP contribution in [0.4, 0.5) is 0 Å². The third-order valence-corrected chi connectivity index (χ3v) is 6.71. The van der Waals surface area contributed by atoms with Crippen molar-refractivity contribution in [2.24, 2.45) is 23.2 Å². The fourth-order valence-electron chi connectivity index (χ4n) is 5.84. The van der Waals surface area contributed by atoms with Gasteiger partial charge in [0.25, 0.3) is 5.91 Å². The number of amides is 1. The van der Waals surface area contributed by atoms with E-state index < -0.39 is 0 Å². The predicted octanol–water partition coefficient (Wildman–Crippen LogP) is 4.03. The van der Waals surface area contributed by atoms with Crippen LogP contribution in [0, 0.1) is 23.2 Å². The zero-order valence-electron chi connectivity index (χ0n) is 13.9. The molecule has 0 spiro atoms. The Hall–Kier alpha value is -1.35. The van der Waals surface area contributed by atoms with Crippen molar-refractivity contribution >= 4 is 23.8 Å². The Kier molecular flexibility index (Phi) is 4.16. The van der Waals surface area contributed by atoms with Gasteiger partial charge in [-0.15, -0.1) is 0 Å². The fraction of sp³-hybridized carbons (Fsp3) is 0.600. The van der Waals surface area contributed by atoms with E-state index in [0.29, 0.717) is 22.4 Å². The molecule has 1 N–H and O–H groups in total. The topological polar surface area (TPSA) is 46.2 Å². The first-order chi connectivity index (χ1) is 11.6. The molecule has 4 bridgehead atoms. The lowest BCUT2D eigenvalue weighted by Gasteiger charge is -2.56. The van der Waals surface area contributed by atoms with Gasteiger partial charge in [0, 0.05) is 13.0 Å². The molecule has 0 aromatic heterocycles. The van der Waals surface area contributed by atoms with E-state index in [1.807, 2.05) is 0 Å². The molecule has 4 heteroatoms. The van der Waals surface area contributed by atoms with Crippen molar-refractivity contribution in [3.63, 3.8) is 0 Å². The van der Waals surface area contributed by atoms with E-state index in [4.69, 9.17) is 11.6 Å². The van der Waals surface area contributed by atoms with E-state index in [1.54, 1.807) is 18.2 Å². The van der Waals surface area contributed by atoms with Gasteiger partial charge in [-0.05, 0) is 79.4 Å². The Balaban J connectivity index is 1.45. The summed E-state index contributed by atoms with van der Waals surface area (Å²) < 4.78 is 0. The Morgan fingerprint density at radius 2 is 1.79 bits per heavy atom. The zero-order chi connectivity index (χ0) is 16.7. The number of rotatable bonds is 5. The highest BCUT2D eigenvalue weighted by molar-refractivity contribution is 6.33. The maximum Gasteiger partial charge on any atom is 0.252 e. The molecule has 0 atom stereocenters. The van der Waals surface area contributed by atoms with Gasteiger partial charge in [-0.1, -0.05) is 17.7 Å². The van der Waals surface area contributed by atoms with Crippen LogP contribution < -0.4 is 5.32 Å². The number of carbonyl (C=O) groups excluding carboxylic acids is 2. The smallest absolute Gasteiger partial charge is 0.252 e. The number of carbonyl (C=O) groups is 2. The Labute approximate surface area is 148 Å². The number of nitrogens with one attached hydrogen (secondary N) is 1. The quantitative estimate of drug-likeness (QED) is 0.819. The standard InChI is InChI=1S/C20H24ClNO2/c21-18-2-1-13(3-4-23)8-17(18)19(24)22-12-20-9-14-5-15(10-20)7-16(6-14)11-20/h1-2,4,8,14-16H,3,5-7,9-12H2,(H,22,24). The van der Waals surface area contributed by atoms with Crippen LogP contribution in [0.1, 0.15) is 54.4 Å². The van der Waals surface area contributed by atoms with E-state index in [9.17, 15) is 9.59 Å². The van der Waals surface area contributed by atoms with E-state index in [1.165, 1.54) is 38.5 Å². The van der Waals surface area contributed by atoms with Crippen molar-refractivity contribution in [1.29, 1.82) is 0 Å². The monoisotopic (exact) mass is 345 g/mol. The molecule has 0 unspecified atom stereocenters. The van der Waals surface area contributed by atoms with Crippen molar-refractivity contribution in [3.05, 3.63) is 34.3 Å². The molecule has 128 valence electrons. The summed E-state index contributed by atoms with van der Waals surface area (Å²) in [6.45, 7) is 0.767. The van der Waals surface area contributed by atoms with E-state index in [2.05, 4.69) is 5.32 Å². The SMILES string of the molecule is O=CCc1ccc(Cl)c(C(=O)NCC23CC4CC(CC(C4)C2)C3)c1. The van der Waals surface area contributed by atoms with Gasteiger partial charge in [0.15, 0.2) is 0 Å². The molecule has 5 rings (SSSR count). The average Bonchev–Trinajstić information content (AvgIpc) is 2.53. The molecule has 1 amide bonds. The average molecular weight is 346 g/mol. The summed E-state index contributed by atoms with van der Waals surface area (Å²) in [6.07, 6.45) is 9.22. The van der Waals surface area contributed by atoms with Gasteiger partial charge in [0.05, 0.1) is 10.6 Å². The molecular formula is C20H24ClNO2. The molecule has 1 aromatic carbocycles. The van der Waals surface area contributed by atoms with Crippen LogP contribution in [-0.2, 0) is 11.2 Å². The van der Waals surface area contributed by atoms with Crippen molar-refractivity contribution in [3.8, 4) is 0 Å². The lowest BCUT2D eigenvalue weighted by atomic mass is 9.49. The second-order valence-electron chi connectivity index (χ2n) is 8.29. The summed E-state index contributed by atoms with van der Waals surface area (Å²) in [4.78, 5) is 23.3. The molecule has 0 aliphatic heterocycles. The largest absolute Gasteiger partial charge is 0.351 e. The van der Waals surface area contributed by atoms with Crippen LogP contribution >= 0.6 is 11.6 Å². The number of aldehydes is 1. The van der Waals surface area contributed by atoms with Gasteiger partial charge >= 0.3 is 0 Å². The number of benzene rings is 1. The van der Waals surface area contributed by atoms with Crippen LogP contribution in [0.5, 0.6) is 0 Å². The summed E-state index contributed by atoms with van der Waals surface area (Å²) in [7, 11) is 0. The van der Waals surface area contributed by atoms with Gasteiger partial charge in [-0.2, -0.15) is 0 Å². The van der Waals surface area contributed by atoms with Crippen molar-refractivity contribution in [2.45, 2.75) is 44.9 Å². The Morgan fingerprint density at radius 3 is 2.38 bits per heavy atom. The minimum absolute atomic E-state index is 0.108. The molecular weight excluding hydrogens is 322 g/mol. The van der Waals surface area contributed by atoms with Gasteiger partial charge in [0.1, 0.15) is 6.29 Å². The summed E-state index contributed by atoms with van der Waals surface area (Å²) in [5.41, 5.74) is 1.63. The highest BCUT2D eigenvalue weighted by Gasteiger charge is 2.50. The molecule has 4 aliphatic carbocycles. The molecule has 24 heavy (non-hydrogen) atoms. The minimum atomic E-state index is -0.108. The third-order valence-electron chi connectivity index (χ3n) is 6.38. The molecule has 4 saturated carbocycles. The Bertz CT molecular complexity index is 634. The number of hydrogen-bond acceptors (Lipinski definition) is 2. The molecule has 0 heterocycles. The second kappa shape index (κ2) is 6.18. The molecule has 1 aromatic rings.